The predicted molar refractivity (Wildman–Crippen MR) is 105 cm³/mol. The molecule has 27 heavy (non-hydrogen) atoms. The third-order valence-corrected chi connectivity index (χ3v) is 4.17. The summed E-state index contributed by atoms with van der Waals surface area (Å²) in [5.74, 6) is 0.963. The first-order valence-corrected chi connectivity index (χ1v) is 8.96. The van der Waals surface area contributed by atoms with Gasteiger partial charge in [-0.1, -0.05) is 0 Å². The van der Waals surface area contributed by atoms with Crippen LogP contribution in [0.15, 0.2) is 59.2 Å². The van der Waals surface area contributed by atoms with Gasteiger partial charge in [-0.3, -0.25) is 4.79 Å². The number of carbonyl (C=O) groups is 1. The van der Waals surface area contributed by atoms with Crippen molar-refractivity contribution in [3.8, 4) is 0 Å². The van der Waals surface area contributed by atoms with Crippen LogP contribution < -0.4 is 15.5 Å². The van der Waals surface area contributed by atoms with Crippen molar-refractivity contribution >= 4 is 23.1 Å². The molecule has 3 rings (SSSR count). The van der Waals surface area contributed by atoms with Gasteiger partial charge in [-0.15, -0.1) is 10.2 Å². The highest BCUT2D eigenvalue weighted by atomic mass is 16.3. The molecular weight excluding hydrogens is 342 g/mol. The van der Waals surface area contributed by atoms with Gasteiger partial charge in [0.25, 0.3) is 5.91 Å². The van der Waals surface area contributed by atoms with Gasteiger partial charge in [-0.2, -0.15) is 0 Å². The number of carbonyl (C=O) groups excluding carboxylic acids is 1. The van der Waals surface area contributed by atoms with E-state index in [9.17, 15) is 4.79 Å². The van der Waals surface area contributed by atoms with Crippen LogP contribution in [0.1, 0.15) is 30.1 Å². The quantitative estimate of drug-likeness (QED) is 0.635. The SMILES string of the molecule is CCN(CC)c1ccc(Nc2ccc(C(=O)NCc3ccco3)nn2)cc1. The summed E-state index contributed by atoms with van der Waals surface area (Å²) in [6.45, 7) is 6.53. The van der Waals surface area contributed by atoms with Crippen LogP contribution in [0.3, 0.4) is 0 Å². The lowest BCUT2D eigenvalue weighted by Crippen LogP contribution is -2.23. The van der Waals surface area contributed by atoms with Crippen LogP contribution >= 0.6 is 0 Å². The fraction of sp³-hybridized carbons (Fsp3) is 0.250. The molecule has 0 atom stereocenters. The highest BCUT2D eigenvalue weighted by Crippen LogP contribution is 2.20. The average Bonchev–Trinajstić information content (AvgIpc) is 3.22. The maximum Gasteiger partial charge on any atom is 0.272 e. The number of hydrogen-bond acceptors (Lipinski definition) is 6. The number of amides is 1. The molecule has 7 heteroatoms. The Balaban J connectivity index is 1.57. The number of nitrogens with zero attached hydrogens (tertiary/aromatic N) is 3. The van der Waals surface area contributed by atoms with Crippen LogP contribution in [-0.4, -0.2) is 29.2 Å². The maximum atomic E-state index is 12.1. The number of rotatable bonds is 8. The molecule has 2 N–H and O–H groups in total. The number of aromatic nitrogens is 2. The number of anilines is 3. The Morgan fingerprint density at radius 1 is 1.04 bits per heavy atom. The molecule has 0 radical (unpaired) electrons. The molecule has 0 aliphatic carbocycles. The molecule has 0 spiro atoms. The number of hydrogen-bond donors (Lipinski definition) is 2. The minimum atomic E-state index is -0.297. The zero-order valence-electron chi connectivity index (χ0n) is 15.5. The Hall–Kier alpha value is -3.35. The van der Waals surface area contributed by atoms with Gasteiger partial charge >= 0.3 is 0 Å². The largest absolute Gasteiger partial charge is 0.467 e. The molecule has 0 unspecified atom stereocenters. The molecule has 1 amide bonds. The van der Waals surface area contributed by atoms with Crippen LogP contribution in [0.2, 0.25) is 0 Å². The summed E-state index contributed by atoms with van der Waals surface area (Å²) < 4.78 is 5.18. The summed E-state index contributed by atoms with van der Waals surface area (Å²) in [5.41, 5.74) is 2.35. The second-order valence-electron chi connectivity index (χ2n) is 5.91. The Kier molecular flexibility index (Phi) is 6.04. The summed E-state index contributed by atoms with van der Waals surface area (Å²) in [6, 6.07) is 15.1. The van der Waals surface area contributed by atoms with E-state index in [2.05, 4.69) is 51.7 Å². The second kappa shape index (κ2) is 8.84. The predicted octanol–water partition coefficient (Wildman–Crippen LogP) is 3.59. The Morgan fingerprint density at radius 2 is 1.81 bits per heavy atom. The lowest BCUT2D eigenvalue weighted by Gasteiger charge is -2.21. The van der Waals surface area contributed by atoms with E-state index in [1.807, 2.05) is 12.1 Å². The van der Waals surface area contributed by atoms with Crippen molar-refractivity contribution in [3.05, 3.63) is 66.2 Å². The first kappa shape index (κ1) is 18.4. The van der Waals surface area contributed by atoms with Crippen molar-refractivity contribution in [2.75, 3.05) is 23.3 Å². The van der Waals surface area contributed by atoms with Gasteiger partial charge in [0.1, 0.15) is 5.76 Å². The number of furan rings is 1. The maximum absolute atomic E-state index is 12.1. The average molecular weight is 365 g/mol. The second-order valence-corrected chi connectivity index (χ2v) is 5.91. The minimum Gasteiger partial charge on any atom is -0.467 e. The molecule has 0 saturated heterocycles. The third-order valence-electron chi connectivity index (χ3n) is 4.17. The van der Waals surface area contributed by atoms with E-state index in [1.165, 1.54) is 5.69 Å². The van der Waals surface area contributed by atoms with Crippen molar-refractivity contribution in [2.24, 2.45) is 0 Å². The van der Waals surface area contributed by atoms with E-state index in [0.29, 0.717) is 18.1 Å². The van der Waals surface area contributed by atoms with Crippen LogP contribution in [0.5, 0.6) is 0 Å². The van der Waals surface area contributed by atoms with E-state index >= 15 is 0 Å². The molecular formula is C20H23N5O2. The van der Waals surface area contributed by atoms with Crippen LogP contribution in [0.25, 0.3) is 0 Å². The van der Waals surface area contributed by atoms with Gasteiger partial charge < -0.3 is 20.0 Å². The molecule has 2 aromatic heterocycles. The summed E-state index contributed by atoms with van der Waals surface area (Å²) in [6.07, 6.45) is 1.57. The van der Waals surface area contributed by atoms with Crippen molar-refractivity contribution in [3.63, 3.8) is 0 Å². The third kappa shape index (κ3) is 4.84. The lowest BCUT2D eigenvalue weighted by atomic mass is 10.2. The fourth-order valence-corrected chi connectivity index (χ4v) is 2.68. The van der Waals surface area contributed by atoms with Crippen LogP contribution in [0.4, 0.5) is 17.2 Å². The zero-order valence-corrected chi connectivity index (χ0v) is 15.5. The molecule has 0 saturated carbocycles. The molecule has 0 aliphatic heterocycles. The molecule has 0 fully saturated rings. The molecule has 1 aromatic carbocycles. The normalized spacial score (nSPS) is 10.4. The first-order valence-electron chi connectivity index (χ1n) is 8.96. The van der Waals surface area contributed by atoms with Crippen molar-refractivity contribution in [1.82, 2.24) is 15.5 Å². The van der Waals surface area contributed by atoms with E-state index in [-0.39, 0.29) is 11.6 Å². The van der Waals surface area contributed by atoms with Gasteiger partial charge in [-0.25, -0.2) is 0 Å². The highest BCUT2D eigenvalue weighted by Gasteiger charge is 2.09. The van der Waals surface area contributed by atoms with Crippen molar-refractivity contribution in [2.45, 2.75) is 20.4 Å². The molecule has 0 aliphatic rings. The fourth-order valence-electron chi connectivity index (χ4n) is 2.68. The molecule has 0 bridgehead atoms. The number of nitrogens with one attached hydrogen (secondary N) is 2. The van der Waals surface area contributed by atoms with E-state index < -0.39 is 0 Å². The van der Waals surface area contributed by atoms with Gasteiger partial charge in [-0.05, 0) is 62.4 Å². The Labute approximate surface area is 158 Å². The van der Waals surface area contributed by atoms with E-state index in [0.717, 1.165) is 18.8 Å². The summed E-state index contributed by atoms with van der Waals surface area (Å²) >= 11 is 0. The van der Waals surface area contributed by atoms with Crippen LogP contribution in [0, 0.1) is 0 Å². The van der Waals surface area contributed by atoms with Gasteiger partial charge in [0.15, 0.2) is 11.5 Å². The summed E-state index contributed by atoms with van der Waals surface area (Å²) in [7, 11) is 0. The van der Waals surface area contributed by atoms with Crippen LogP contribution in [-0.2, 0) is 6.54 Å². The van der Waals surface area contributed by atoms with Gasteiger partial charge in [0.05, 0.1) is 12.8 Å². The smallest absolute Gasteiger partial charge is 0.272 e. The summed E-state index contributed by atoms with van der Waals surface area (Å²) in [4.78, 5) is 14.4. The van der Waals surface area contributed by atoms with Gasteiger partial charge in [0, 0.05) is 24.5 Å². The Bertz CT molecular complexity index is 841. The van der Waals surface area contributed by atoms with Crippen molar-refractivity contribution in [1.29, 1.82) is 0 Å². The number of benzene rings is 1. The topological polar surface area (TPSA) is 83.3 Å². The lowest BCUT2D eigenvalue weighted by molar-refractivity contribution is 0.0942. The monoisotopic (exact) mass is 365 g/mol. The van der Waals surface area contributed by atoms with Gasteiger partial charge in [0.2, 0.25) is 0 Å². The Morgan fingerprint density at radius 3 is 2.41 bits per heavy atom. The summed E-state index contributed by atoms with van der Waals surface area (Å²) in [5, 5.41) is 14.0. The molecule has 3 aromatic rings. The highest BCUT2D eigenvalue weighted by molar-refractivity contribution is 5.92. The van der Waals surface area contributed by atoms with Crippen molar-refractivity contribution < 1.29 is 9.21 Å². The van der Waals surface area contributed by atoms with E-state index in [4.69, 9.17) is 4.42 Å². The van der Waals surface area contributed by atoms with E-state index in [1.54, 1.807) is 30.5 Å². The molecule has 140 valence electrons. The molecule has 2 heterocycles. The molecule has 7 nitrogen and oxygen atoms in total. The first-order chi connectivity index (χ1) is 13.2. The standard InChI is InChI=1S/C20H23N5O2/c1-3-25(4-2)16-9-7-15(8-10-16)22-19-12-11-18(23-24-19)20(26)21-14-17-6-5-13-27-17/h5-13H,3-4,14H2,1-2H3,(H,21,26)(H,22,24). The minimum absolute atomic E-state index is 0.254. The zero-order chi connectivity index (χ0) is 19.1.